The lowest BCUT2D eigenvalue weighted by atomic mass is 9.86. The molecule has 1 saturated heterocycles. The molecule has 1 aliphatic heterocycles. The summed E-state index contributed by atoms with van der Waals surface area (Å²) in [4.78, 5) is 2.75. The normalized spacial score (nSPS) is 41.1. The van der Waals surface area contributed by atoms with E-state index >= 15 is 0 Å². The molecule has 0 aromatic heterocycles. The first-order chi connectivity index (χ1) is 6.20. The van der Waals surface area contributed by atoms with Crippen LogP contribution in [0.25, 0.3) is 0 Å². The zero-order chi connectivity index (χ0) is 9.42. The van der Waals surface area contributed by atoms with Crippen LogP contribution in [0.5, 0.6) is 0 Å². The lowest BCUT2D eigenvalue weighted by Crippen LogP contribution is -2.47. The van der Waals surface area contributed by atoms with E-state index in [4.69, 9.17) is 0 Å². The van der Waals surface area contributed by atoms with Gasteiger partial charge in [0, 0.05) is 12.1 Å². The van der Waals surface area contributed by atoms with Crippen LogP contribution < -0.4 is 0 Å². The van der Waals surface area contributed by atoms with Crippen molar-refractivity contribution in [3.8, 4) is 0 Å². The molecule has 2 unspecified atom stereocenters. The van der Waals surface area contributed by atoms with Crippen LogP contribution in [0.15, 0.2) is 0 Å². The van der Waals surface area contributed by atoms with Crippen molar-refractivity contribution in [2.45, 2.75) is 58.5 Å². The number of rotatable bonds is 1. The van der Waals surface area contributed by atoms with Crippen molar-refractivity contribution in [3.05, 3.63) is 0 Å². The molecule has 2 aliphatic rings. The van der Waals surface area contributed by atoms with Crippen molar-refractivity contribution in [2.75, 3.05) is 6.54 Å². The van der Waals surface area contributed by atoms with Crippen molar-refractivity contribution in [1.82, 2.24) is 4.90 Å². The van der Waals surface area contributed by atoms with Gasteiger partial charge in [0.2, 0.25) is 0 Å². The molecule has 76 valence electrons. The maximum Gasteiger partial charge on any atom is 0.0129 e. The van der Waals surface area contributed by atoms with Gasteiger partial charge in [-0.05, 0) is 57.9 Å². The van der Waals surface area contributed by atoms with Gasteiger partial charge < -0.3 is 0 Å². The Labute approximate surface area is 82.5 Å². The van der Waals surface area contributed by atoms with Crippen molar-refractivity contribution >= 4 is 0 Å². The molecule has 0 spiro atoms. The van der Waals surface area contributed by atoms with E-state index in [9.17, 15) is 0 Å². The van der Waals surface area contributed by atoms with Gasteiger partial charge >= 0.3 is 0 Å². The van der Waals surface area contributed by atoms with Crippen molar-refractivity contribution in [3.63, 3.8) is 0 Å². The van der Waals surface area contributed by atoms with Gasteiger partial charge in [-0.25, -0.2) is 0 Å². The summed E-state index contributed by atoms with van der Waals surface area (Å²) in [5, 5.41) is 0. The smallest absolute Gasteiger partial charge is 0.0129 e. The van der Waals surface area contributed by atoms with E-state index < -0.39 is 0 Å². The van der Waals surface area contributed by atoms with Crippen LogP contribution in [0.2, 0.25) is 0 Å². The summed E-state index contributed by atoms with van der Waals surface area (Å²) in [5.41, 5.74) is 0. The van der Waals surface area contributed by atoms with E-state index in [2.05, 4.69) is 25.7 Å². The van der Waals surface area contributed by atoms with Gasteiger partial charge in [0.15, 0.2) is 0 Å². The molecule has 0 amide bonds. The molecule has 13 heavy (non-hydrogen) atoms. The van der Waals surface area contributed by atoms with E-state index in [0.29, 0.717) is 0 Å². The van der Waals surface area contributed by atoms with Crippen molar-refractivity contribution < 1.29 is 0 Å². The Morgan fingerprint density at radius 1 is 1.15 bits per heavy atom. The molecule has 0 bridgehead atoms. The molecule has 0 N–H and O–H groups in total. The minimum Gasteiger partial charge on any atom is -0.298 e. The molecule has 2 fully saturated rings. The molecule has 1 nitrogen and oxygen atoms in total. The topological polar surface area (TPSA) is 3.24 Å². The fourth-order valence-corrected chi connectivity index (χ4v) is 3.45. The third-order valence-electron chi connectivity index (χ3n) is 4.19. The lowest BCUT2D eigenvalue weighted by molar-refractivity contribution is 0.0714. The largest absolute Gasteiger partial charge is 0.298 e. The Bertz CT molecular complexity index is 176. The van der Waals surface area contributed by atoms with Crippen LogP contribution in [0.3, 0.4) is 0 Å². The Morgan fingerprint density at radius 2 is 1.92 bits per heavy atom. The number of piperidine rings is 1. The van der Waals surface area contributed by atoms with Gasteiger partial charge in [-0.2, -0.15) is 0 Å². The Hall–Kier alpha value is -0.0400. The van der Waals surface area contributed by atoms with E-state index in [1.165, 1.54) is 32.2 Å². The molecule has 0 aromatic carbocycles. The number of hydrogen-bond acceptors (Lipinski definition) is 1. The summed E-state index contributed by atoms with van der Waals surface area (Å²) in [7, 11) is 0. The fraction of sp³-hybridized carbons (Fsp3) is 1.00. The zero-order valence-electron chi connectivity index (χ0n) is 9.29. The highest BCUT2D eigenvalue weighted by atomic mass is 15.2. The quantitative estimate of drug-likeness (QED) is 0.601. The fourth-order valence-electron chi connectivity index (χ4n) is 3.45. The van der Waals surface area contributed by atoms with Crippen molar-refractivity contribution in [1.29, 1.82) is 0 Å². The first-order valence-corrected chi connectivity index (χ1v) is 5.96. The highest BCUT2D eigenvalue weighted by Crippen LogP contribution is 2.41. The number of hydrogen-bond donors (Lipinski definition) is 0. The maximum absolute atomic E-state index is 2.75. The summed E-state index contributed by atoms with van der Waals surface area (Å²) in [6.45, 7) is 8.51. The highest BCUT2D eigenvalue weighted by molar-refractivity contribution is 4.93. The van der Waals surface area contributed by atoms with Crippen LogP contribution in [-0.2, 0) is 0 Å². The lowest BCUT2D eigenvalue weighted by Gasteiger charge is -2.41. The summed E-state index contributed by atoms with van der Waals surface area (Å²) >= 11 is 0. The molecule has 1 heterocycles. The third-order valence-corrected chi connectivity index (χ3v) is 4.19. The Kier molecular flexibility index (Phi) is 2.64. The second-order valence-corrected chi connectivity index (χ2v) is 5.26. The van der Waals surface area contributed by atoms with Crippen LogP contribution in [0.4, 0.5) is 0 Å². The summed E-state index contributed by atoms with van der Waals surface area (Å²) < 4.78 is 0. The number of likely N-dealkylation sites (tertiary alicyclic amines) is 1. The number of nitrogens with zero attached hydrogens (tertiary/aromatic N) is 1. The predicted molar refractivity (Wildman–Crippen MR) is 56.8 cm³/mol. The van der Waals surface area contributed by atoms with E-state index in [1.54, 1.807) is 0 Å². The Balaban J connectivity index is 2.07. The Morgan fingerprint density at radius 3 is 2.62 bits per heavy atom. The zero-order valence-corrected chi connectivity index (χ0v) is 9.29. The second kappa shape index (κ2) is 3.61. The molecule has 0 aromatic rings. The van der Waals surface area contributed by atoms with Crippen LogP contribution in [-0.4, -0.2) is 23.5 Å². The molecular formula is C12H23N. The molecular weight excluding hydrogens is 158 g/mol. The van der Waals surface area contributed by atoms with E-state index in [1.807, 2.05) is 0 Å². The first-order valence-electron chi connectivity index (χ1n) is 5.96. The number of fused-ring (bicyclic) bond motifs is 1. The van der Waals surface area contributed by atoms with Gasteiger partial charge in [0.25, 0.3) is 0 Å². The average Bonchev–Trinajstić information content (AvgIpc) is 2.48. The SMILES string of the molecule is CC(C)N1CCCC2C1CC[C@@H]2C. The minimum atomic E-state index is 0.762. The van der Waals surface area contributed by atoms with Gasteiger partial charge in [-0.15, -0.1) is 0 Å². The molecule has 0 radical (unpaired) electrons. The van der Waals surface area contributed by atoms with Gasteiger partial charge in [-0.1, -0.05) is 6.92 Å². The standard InChI is InChI=1S/C12H23N/c1-9(2)13-8-4-5-11-10(3)6-7-12(11)13/h9-12H,4-8H2,1-3H3/t10-,11?,12?/m0/s1. The average molecular weight is 181 g/mol. The summed E-state index contributed by atoms with van der Waals surface area (Å²) in [5.74, 6) is 2.02. The first kappa shape index (κ1) is 9.51. The molecule has 2 rings (SSSR count). The summed E-state index contributed by atoms with van der Waals surface area (Å²) in [6, 6.07) is 1.70. The second-order valence-electron chi connectivity index (χ2n) is 5.26. The highest BCUT2D eigenvalue weighted by Gasteiger charge is 2.39. The third kappa shape index (κ3) is 1.63. The summed E-state index contributed by atoms with van der Waals surface area (Å²) in [6.07, 6.45) is 5.86. The predicted octanol–water partition coefficient (Wildman–Crippen LogP) is 2.91. The van der Waals surface area contributed by atoms with Crippen molar-refractivity contribution in [2.24, 2.45) is 11.8 Å². The van der Waals surface area contributed by atoms with Crippen LogP contribution >= 0.6 is 0 Å². The van der Waals surface area contributed by atoms with Crippen LogP contribution in [0, 0.1) is 11.8 Å². The van der Waals surface area contributed by atoms with Gasteiger partial charge in [0.1, 0.15) is 0 Å². The minimum absolute atomic E-state index is 0.762. The van der Waals surface area contributed by atoms with E-state index in [0.717, 1.165) is 23.9 Å². The monoisotopic (exact) mass is 181 g/mol. The molecule has 3 atom stereocenters. The van der Waals surface area contributed by atoms with Gasteiger partial charge in [0.05, 0.1) is 0 Å². The molecule has 1 saturated carbocycles. The molecule has 1 heteroatoms. The maximum atomic E-state index is 2.75. The molecule has 1 aliphatic carbocycles. The van der Waals surface area contributed by atoms with E-state index in [-0.39, 0.29) is 0 Å². The van der Waals surface area contributed by atoms with Crippen LogP contribution in [0.1, 0.15) is 46.5 Å². The van der Waals surface area contributed by atoms with Gasteiger partial charge in [-0.3, -0.25) is 4.90 Å².